The third-order valence-corrected chi connectivity index (χ3v) is 5.96. The summed E-state index contributed by atoms with van der Waals surface area (Å²) >= 11 is 5.87. The first-order valence-electron chi connectivity index (χ1n) is 6.51. The van der Waals surface area contributed by atoms with Crippen LogP contribution in [-0.4, -0.2) is 43.4 Å². The molecule has 1 unspecified atom stereocenters. The molecule has 1 aliphatic rings. The molecule has 1 heterocycles. The van der Waals surface area contributed by atoms with Crippen LogP contribution in [0, 0.1) is 12.8 Å². The van der Waals surface area contributed by atoms with Crippen LogP contribution in [0.3, 0.4) is 0 Å². The van der Waals surface area contributed by atoms with Gasteiger partial charge in [0.2, 0.25) is 10.0 Å². The predicted octanol–water partition coefficient (Wildman–Crippen LogP) is 1.32. The summed E-state index contributed by atoms with van der Waals surface area (Å²) in [6.45, 7) is 2.65. The quantitative estimate of drug-likeness (QED) is 0.866. The van der Waals surface area contributed by atoms with E-state index >= 15 is 0 Å². The molecule has 8 heteroatoms. The summed E-state index contributed by atoms with van der Waals surface area (Å²) in [5, 5.41) is 9.23. The second-order valence-corrected chi connectivity index (χ2v) is 7.48. The maximum atomic E-state index is 12.7. The number of benzene rings is 1. The lowest BCUT2D eigenvalue weighted by atomic mass is 10.1. The Morgan fingerprint density at radius 1 is 1.52 bits per heavy atom. The fourth-order valence-corrected chi connectivity index (χ4v) is 4.58. The third kappa shape index (κ3) is 3.06. The standard InChI is InChI=1S/C13H17ClN2O4S/c1-8-11(13(17)18)4-10(14)5-12(8)21(19,20)16-3-2-9(6-15)7-16/h4-5,9H,2-3,6-7,15H2,1H3,(H,17,18). The molecule has 1 atom stereocenters. The van der Waals surface area contributed by atoms with E-state index in [2.05, 4.69) is 0 Å². The van der Waals surface area contributed by atoms with Crippen LogP contribution in [0.4, 0.5) is 0 Å². The first kappa shape index (κ1) is 16.2. The maximum Gasteiger partial charge on any atom is 0.336 e. The molecule has 0 aliphatic carbocycles. The van der Waals surface area contributed by atoms with Crippen molar-refractivity contribution in [3.05, 3.63) is 28.3 Å². The summed E-state index contributed by atoms with van der Waals surface area (Å²) in [6, 6.07) is 2.55. The van der Waals surface area contributed by atoms with Crippen LogP contribution in [0.2, 0.25) is 5.02 Å². The van der Waals surface area contributed by atoms with Gasteiger partial charge in [0.25, 0.3) is 0 Å². The van der Waals surface area contributed by atoms with Gasteiger partial charge in [0.15, 0.2) is 0 Å². The number of aromatic carboxylic acids is 1. The first-order chi connectivity index (χ1) is 9.77. The molecule has 6 nitrogen and oxygen atoms in total. The topological polar surface area (TPSA) is 101 Å². The van der Waals surface area contributed by atoms with Crippen LogP contribution < -0.4 is 5.73 Å². The lowest BCUT2D eigenvalue weighted by Crippen LogP contribution is -2.30. The Balaban J connectivity index is 2.48. The van der Waals surface area contributed by atoms with Gasteiger partial charge >= 0.3 is 5.97 Å². The molecule has 2 rings (SSSR count). The van der Waals surface area contributed by atoms with Gasteiger partial charge in [-0.05, 0) is 43.5 Å². The van der Waals surface area contributed by atoms with Crippen molar-refractivity contribution in [1.29, 1.82) is 0 Å². The molecule has 3 N–H and O–H groups in total. The smallest absolute Gasteiger partial charge is 0.336 e. The summed E-state index contributed by atoms with van der Waals surface area (Å²) in [7, 11) is -3.76. The van der Waals surface area contributed by atoms with Crippen molar-refractivity contribution in [2.45, 2.75) is 18.2 Å². The van der Waals surface area contributed by atoms with E-state index in [1.165, 1.54) is 23.4 Å². The van der Waals surface area contributed by atoms with Gasteiger partial charge in [0.05, 0.1) is 10.5 Å². The molecule has 0 saturated carbocycles. The number of sulfonamides is 1. The van der Waals surface area contributed by atoms with Crippen LogP contribution in [0.15, 0.2) is 17.0 Å². The van der Waals surface area contributed by atoms with Gasteiger partial charge < -0.3 is 10.8 Å². The van der Waals surface area contributed by atoms with Gasteiger partial charge in [-0.15, -0.1) is 0 Å². The summed E-state index contributed by atoms with van der Waals surface area (Å²) in [5.74, 6) is -1.06. The van der Waals surface area contributed by atoms with Crippen molar-refractivity contribution in [3.63, 3.8) is 0 Å². The third-order valence-electron chi connectivity index (χ3n) is 3.75. The molecule has 0 radical (unpaired) electrons. The van der Waals surface area contributed by atoms with Gasteiger partial charge in [-0.1, -0.05) is 11.6 Å². The highest BCUT2D eigenvalue weighted by molar-refractivity contribution is 7.89. The number of carbonyl (C=O) groups is 1. The SMILES string of the molecule is Cc1c(C(=O)O)cc(Cl)cc1S(=O)(=O)N1CCC(CN)C1. The number of rotatable bonds is 4. The van der Waals surface area contributed by atoms with Crippen LogP contribution in [0.5, 0.6) is 0 Å². The Kier molecular flexibility index (Phi) is 4.57. The van der Waals surface area contributed by atoms with E-state index in [9.17, 15) is 13.2 Å². The molecule has 116 valence electrons. The van der Waals surface area contributed by atoms with Gasteiger partial charge in [-0.25, -0.2) is 13.2 Å². The van der Waals surface area contributed by atoms with Gasteiger partial charge in [-0.2, -0.15) is 4.31 Å². The Morgan fingerprint density at radius 3 is 2.71 bits per heavy atom. The van der Waals surface area contributed by atoms with Gasteiger partial charge in [-0.3, -0.25) is 0 Å². The zero-order valence-corrected chi connectivity index (χ0v) is 13.1. The van der Waals surface area contributed by atoms with Crippen LogP contribution in [-0.2, 0) is 10.0 Å². The van der Waals surface area contributed by atoms with E-state index in [-0.39, 0.29) is 27.0 Å². The second-order valence-electron chi connectivity index (χ2n) is 5.14. The Labute approximate surface area is 128 Å². The van der Waals surface area contributed by atoms with E-state index in [1.807, 2.05) is 0 Å². The Morgan fingerprint density at radius 2 is 2.19 bits per heavy atom. The minimum atomic E-state index is -3.76. The summed E-state index contributed by atoms with van der Waals surface area (Å²) < 4.78 is 26.7. The molecule has 0 amide bonds. The Bertz CT molecular complexity index is 675. The van der Waals surface area contributed by atoms with Crippen molar-refractivity contribution in [2.75, 3.05) is 19.6 Å². The molecule has 0 bridgehead atoms. The molecule has 21 heavy (non-hydrogen) atoms. The molecule has 1 saturated heterocycles. The zero-order valence-electron chi connectivity index (χ0n) is 11.5. The molecule has 1 aromatic carbocycles. The van der Waals surface area contributed by atoms with E-state index < -0.39 is 16.0 Å². The van der Waals surface area contributed by atoms with E-state index in [4.69, 9.17) is 22.4 Å². The second kappa shape index (κ2) is 5.92. The number of carboxylic acids is 1. The number of hydrogen-bond acceptors (Lipinski definition) is 4. The average Bonchev–Trinajstić information content (AvgIpc) is 2.90. The van der Waals surface area contributed by atoms with Crippen LogP contribution in [0.1, 0.15) is 22.3 Å². The lowest BCUT2D eigenvalue weighted by molar-refractivity contribution is 0.0696. The summed E-state index contributed by atoms with van der Waals surface area (Å²) in [5.41, 5.74) is 5.67. The fourth-order valence-electron chi connectivity index (χ4n) is 2.49. The summed E-state index contributed by atoms with van der Waals surface area (Å²) in [4.78, 5) is 11.1. The number of nitrogens with zero attached hydrogens (tertiary/aromatic N) is 1. The fraction of sp³-hybridized carbons (Fsp3) is 0.462. The highest BCUT2D eigenvalue weighted by Crippen LogP contribution is 2.30. The molecule has 1 fully saturated rings. The van der Waals surface area contributed by atoms with Crippen molar-refractivity contribution < 1.29 is 18.3 Å². The molecular weight excluding hydrogens is 316 g/mol. The highest BCUT2D eigenvalue weighted by Gasteiger charge is 2.33. The number of halogens is 1. The van der Waals surface area contributed by atoms with E-state index in [1.54, 1.807) is 0 Å². The maximum absolute atomic E-state index is 12.7. The monoisotopic (exact) mass is 332 g/mol. The van der Waals surface area contributed by atoms with E-state index in [0.29, 0.717) is 26.1 Å². The predicted molar refractivity (Wildman–Crippen MR) is 79.1 cm³/mol. The molecular formula is C13H17ClN2O4S. The molecule has 1 aliphatic heterocycles. The number of nitrogens with two attached hydrogens (primary N) is 1. The van der Waals surface area contributed by atoms with Crippen molar-refractivity contribution in [2.24, 2.45) is 11.7 Å². The van der Waals surface area contributed by atoms with Gasteiger partial charge in [0.1, 0.15) is 0 Å². The normalized spacial score (nSPS) is 19.9. The first-order valence-corrected chi connectivity index (χ1v) is 8.32. The van der Waals surface area contributed by atoms with Crippen molar-refractivity contribution in [3.8, 4) is 0 Å². The molecule has 0 spiro atoms. The molecule has 0 aromatic heterocycles. The summed E-state index contributed by atoms with van der Waals surface area (Å²) in [6.07, 6.45) is 0.709. The largest absolute Gasteiger partial charge is 0.478 e. The van der Waals surface area contributed by atoms with Crippen molar-refractivity contribution >= 4 is 27.6 Å². The van der Waals surface area contributed by atoms with E-state index in [0.717, 1.165) is 0 Å². The number of hydrogen-bond donors (Lipinski definition) is 2. The number of carboxylic acid groups (broad SMARTS) is 1. The van der Waals surface area contributed by atoms with Crippen LogP contribution in [0.25, 0.3) is 0 Å². The lowest BCUT2D eigenvalue weighted by Gasteiger charge is -2.19. The van der Waals surface area contributed by atoms with Gasteiger partial charge in [0, 0.05) is 18.1 Å². The van der Waals surface area contributed by atoms with Crippen LogP contribution >= 0.6 is 11.6 Å². The Hall–Kier alpha value is -1.15. The molecule has 1 aromatic rings. The zero-order chi connectivity index (χ0) is 15.8. The minimum Gasteiger partial charge on any atom is -0.478 e. The highest BCUT2D eigenvalue weighted by atomic mass is 35.5. The minimum absolute atomic E-state index is 0.0509. The average molecular weight is 333 g/mol. The van der Waals surface area contributed by atoms with Crippen molar-refractivity contribution in [1.82, 2.24) is 4.31 Å².